The number of urea groups is 1. The maximum Gasteiger partial charge on any atom is 0.327 e. The highest BCUT2D eigenvalue weighted by Gasteiger charge is 2.33. The third-order valence-electron chi connectivity index (χ3n) is 6.13. The van der Waals surface area contributed by atoms with Crippen LogP contribution in [0.3, 0.4) is 0 Å². The van der Waals surface area contributed by atoms with E-state index >= 15 is 0 Å². The molecule has 0 saturated carbocycles. The van der Waals surface area contributed by atoms with Crippen molar-refractivity contribution in [3.63, 3.8) is 0 Å². The fraction of sp³-hybridized carbons (Fsp3) is 0.458. The molecule has 0 radical (unpaired) electrons. The normalized spacial score (nSPS) is 16.2. The Morgan fingerprint density at radius 3 is 2.69 bits per heavy atom. The number of carboxylic acid groups (broad SMARTS) is 1. The van der Waals surface area contributed by atoms with Gasteiger partial charge in [0, 0.05) is 62.3 Å². The number of aryl methyl sites for hydroxylation is 1. The zero-order valence-electron chi connectivity index (χ0n) is 21.0. The molecule has 2 amide bonds. The van der Waals surface area contributed by atoms with Crippen LogP contribution in [0.2, 0.25) is 0 Å². The highest BCUT2D eigenvalue weighted by molar-refractivity contribution is 6.04. The largest absolute Gasteiger partial charge is 0.492 e. The molecule has 4 heterocycles. The highest BCUT2D eigenvalue weighted by Crippen LogP contribution is 2.36. The molecule has 12 nitrogen and oxygen atoms in total. The third kappa shape index (κ3) is 5.18. The number of nitrogens with zero attached hydrogens (tertiary/aromatic N) is 6. The molecule has 2 aliphatic heterocycles. The SMILES string of the molecule is CCOc1cc2nn(C)nc2cc1NC(=O)N1CCc2c(N3CCNC(C)(C)C3)ccnc21.O=CO. The summed E-state index contributed by atoms with van der Waals surface area (Å²) in [6.07, 6.45) is 2.57. The van der Waals surface area contributed by atoms with Gasteiger partial charge in [0.2, 0.25) is 0 Å². The lowest BCUT2D eigenvalue weighted by molar-refractivity contribution is -0.122. The Labute approximate surface area is 209 Å². The van der Waals surface area contributed by atoms with Gasteiger partial charge in [0.25, 0.3) is 6.47 Å². The van der Waals surface area contributed by atoms with Crippen molar-refractivity contribution >= 4 is 40.7 Å². The second-order valence-electron chi connectivity index (χ2n) is 9.26. The topological polar surface area (TPSA) is 138 Å². The minimum Gasteiger partial charge on any atom is -0.492 e. The molecular weight excluding hydrogens is 464 g/mol. The van der Waals surface area contributed by atoms with Crippen molar-refractivity contribution in [2.24, 2.45) is 7.05 Å². The predicted molar refractivity (Wildman–Crippen MR) is 137 cm³/mol. The van der Waals surface area contributed by atoms with E-state index in [-0.39, 0.29) is 18.0 Å². The first kappa shape index (κ1) is 25.2. The van der Waals surface area contributed by atoms with Gasteiger partial charge in [0.15, 0.2) is 0 Å². The number of benzene rings is 1. The Morgan fingerprint density at radius 2 is 2.00 bits per heavy atom. The number of pyridine rings is 1. The monoisotopic (exact) mass is 496 g/mol. The molecule has 36 heavy (non-hydrogen) atoms. The molecule has 0 aliphatic carbocycles. The van der Waals surface area contributed by atoms with Crippen LogP contribution in [0.15, 0.2) is 24.4 Å². The number of carbonyl (C=O) groups excluding carboxylic acids is 1. The van der Waals surface area contributed by atoms with Gasteiger partial charge < -0.3 is 25.4 Å². The van der Waals surface area contributed by atoms with Crippen LogP contribution in [-0.2, 0) is 18.3 Å². The van der Waals surface area contributed by atoms with E-state index in [0.29, 0.717) is 30.1 Å². The van der Waals surface area contributed by atoms with Crippen molar-refractivity contribution in [1.29, 1.82) is 0 Å². The summed E-state index contributed by atoms with van der Waals surface area (Å²) in [6, 6.07) is 5.44. The van der Waals surface area contributed by atoms with Gasteiger partial charge >= 0.3 is 6.03 Å². The van der Waals surface area contributed by atoms with Crippen LogP contribution in [0.1, 0.15) is 26.3 Å². The zero-order chi connectivity index (χ0) is 25.9. The molecule has 1 aromatic carbocycles. The second kappa shape index (κ2) is 10.4. The molecule has 2 aromatic heterocycles. The van der Waals surface area contributed by atoms with Gasteiger partial charge in [-0.3, -0.25) is 9.69 Å². The Balaban J connectivity index is 0.000000967. The molecule has 1 fully saturated rings. The maximum absolute atomic E-state index is 13.3. The number of carbonyl (C=O) groups is 2. The van der Waals surface area contributed by atoms with Gasteiger partial charge in [-0.25, -0.2) is 9.78 Å². The van der Waals surface area contributed by atoms with Gasteiger partial charge in [-0.2, -0.15) is 15.0 Å². The first-order chi connectivity index (χ1) is 17.3. The van der Waals surface area contributed by atoms with E-state index in [1.807, 2.05) is 13.0 Å². The number of ether oxygens (including phenoxy) is 1. The molecule has 3 N–H and O–H groups in total. The number of piperazine rings is 1. The van der Waals surface area contributed by atoms with E-state index in [4.69, 9.17) is 14.6 Å². The van der Waals surface area contributed by atoms with Crippen molar-refractivity contribution in [1.82, 2.24) is 25.3 Å². The number of hydrogen-bond donors (Lipinski definition) is 3. The average molecular weight is 497 g/mol. The first-order valence-electron chi connectivity index (χ1n) is 11.9. The van der Waals surface area contributed by atoms with Crippen LogP contribution in [0.4, 0.5) is 22.0 Å². The molecule has 0 bridgehead atoms. The van der Waals surface area contributed by atoms with Crippen LogP contribution >= 0.6 is 0 Å². The number of fused-ring (bicyclic) bond motifs is 2. The van der Waals surface area contributed by atoms with Crippen LogP contribution < -0.4 is 25.2 Å². The maximum atomic E-state index is 13.3. The minimum absolute atomic E-state index is 0.0404. The molecule has 12 heteroatoms. The van der Waals surface area contributed by atoms with Crippen LogP contribution in [-0.4, -0.2) is 75.9 Å². The van der Waals surface area contributed by atoms with Crippen molar-refractivity contribution in [3.05, 3.63) is 30.0 Å². The average Bonchev–Trinajstić information content (AvgIpc) is 3.41. The smallest absolute Gasteiger partial charge is 0.327 e. The number of nitrogens with one attached hydrogen (secondary N) is 2. The molecular formula is C24H32N8O4. The molecule has 3 aromatic rings. The highest BCUT2D eigenvalue weighted by atomic mass is 16.5. The number of rotatable bonds is 4. The summed E-state index contributed by atoms with van der Waals surface area (Å²) >= 11 is 0. The van der Waals surface area contributed by atoms with E-state index in [2.05, 4.69) is 50.6 Å². The quantitative estimate of drug-likeness (QED) is 0.464. The van der Waals surface area contributed by atoms with Crippen molar-refractivity contribution < 1.29 is 19.4 Å². The molecule has 0 unspecified atom stereocenters. The fourth-order valence-corrected chi connectivity index (χ4v) is 4.72. The summed E-state index contributed by atoms with van der Waals surface area (Å²) in [5.41, 5.74) is 4.32. The molecule has 192 valence electrons. The molecule has 2 aliphatic rings. The minimum atomic E-state index is -0.250. The van der Waals surface area contributed by atoms with Crippen molar-refractivity contribution in [2.45, 2.75) is 32.7 Å². The van der Waals surface area contributed by atoms with Crippen molar-refractivity contribution in [2.75, 3.05) is 47.9 Å². The summed E-state index contributed by atoms with van der Waals surface area (Å²) < 4.78 is 5.77. The van der Waals surface area contributed by atoms with E-state index in [0.717, 1.165) is 43.0 Å². The standard InChI is InChI=1S/C23H30N8O2.CH2O2/c1-5-33-20-13-17-16(27-29(4)28-17)12-18(20)26-22(32)31-10-7-15-19(6-8-24-21(15)31)30-11-9-25-23(2,3)14-30;2-1-3/h6,8,12-13,25H,5,7,9-11,14H2,1-4H3,(H,26,32);1H,(H,2,3). The van der Waals surface area contributed by atoms with Gasteiger partial charge in [-0.05, 0) is 39.3 Å². The van der Waals surface area contributed by atoms with E-state index in [9.17, 15) is 4.79 Å². The molecule has 0 spiro atoms. The number of anilines is 3. The Bertz CT molecular complexity index is 1260. The lowest BCUT2D eigenvalue weighted by atomic mass is 10.0. The zero-order valence-corrected chi connectivity index (χ0v) is 21.0. The lowest BCUT2D eigenvalue weighted by Gasteiger charge is -2.41. The van der Waals surface area contributed by atoms with E-state index in [1.54, 1.807) is 24.2 Å². The van der Waals surface area contributed by atoms with Gasteiger partial charge in [0.1, 0.15) is 22.6 Å². The van der Waals surface area contributed by atoms with Crippen LogP contribution in [0.5, 0.6) is 5.75 Å². The summed E-state index contributed by atoms with van der Waals surface area (Å²) in [4.78, 5) is 31.9. The number of amides is 2. The Hall–Kier alpha value is -3.93. The summed E-state index contributed by atoms with van der Waals surface area (Å²) in [5.74, 6) is 1.29. The van der Waals surface area contributed by atoms with Crippen molar-refractivity contribution in [3.8, 4) is 5.75 Å². The molecule has 5 rings (SSSR count). The predicted octanol–water partition coefficient (Wildman–Crippen LogP) is 2.25. The molecule has 0 atom stereocenters. The lowest BCUT2D eigenvalue weighted by Crippen LogP contribution is -2.57. The summed E-state index contributed by atoms with van der Waals surface area (Å²) in [5, 5.41) is 22.1. The summed E-state index contributed by atoms with van der Waals surface area (Å²) in [7, 11) is 1.77. The number of hydrogen-bond acceptors (Lipinski definition) is 8. The molecule has 1 saturated heterocycles. The van der Waals surface area contributed by atoms with Crippen LogP contribution in [0, 0.1) is 0 Å². The van der Waals surface area contributed by atoms with Crippen LogP contribution in [0.25, 0.3) is 11.0 Å². The van der Waals surface area contributed by atoms with E-state index in [1.165, 1.54) is 10.5 Å². The number of aromatic nitrogens is 4. The second-order valence-corrected chi connectivity index (χ2v) is 9.26. The van der Waals surface area contributed by atoms with E-state index < -0.39 is 0 Å². The third-order valence-corrected chi connectivity index (χ3v) is 6.13. The fourth-order valence-electron chi connectivity index (χ4n) is 4.72. The first-order valence-corrected chi connectivity index (χ1v) is 11.9. The van der Waals surface area contributed by atoms with Gasteiger partial charge in [-0.1, -0.05) is 0 Å². The van der Waals surface area contributed by atoms with Gasteiger partial charge in [-0.15, -0.1) is 0 Å². The summed E-state index contributed by atoms with van der Waals surface area (Å²) in [6.45, 7) is 9.92. The Kier molecular flexibility index (Phi) is 7.25. The Morgan fingerprint density at radius 1 is 1.28 bits per heavy atom. The van der Waals surface area contributed by atoms with Gasteiger partial charge in [0.05, 0.1) is 12.3 Å².